The number of nitrogens with one attached hydrogen (secondary N) is 1. The maximum atomic E-state index is 6.37. The lowest BCUT2D eigenvalue weighted by Gasteiger charge is -2.31. The van der Waals surface area contributed by atoms with E-state index in [1.165, 1.54) is 18.4 Å². The van der Waals surface area contributed by atoms with Crippen molar-refractivity contribution in [3.63, 3.8) is 0 Å². The van der Waals surface area contributed by atoms with Crippen LogP contribution in [0.15, 0.2) is 36.4 Å². The van der Waals surface area contributed by atoms with Gasteiger partial charge in [0.1, 0.15) is 0 Å². The standard InChI is InChI=1S/C15H18ClN/c16-14-6-2-1-5-13(14)15(9-3-4-10-15)11-17-12-7-8-12/h1-6,12,17H,7-11H2. The molecule has 3 rings (SSSR count). The van der Waals surface area contributed by atoms with Crippen LogP contribution in [0.4, 0.5) is 0 Å². The lowest BCUT2D eigenvalue weighted by Crippen LogP contribution is -2.37. The van der Waals surface area contributed by atoms with Crippen molar-refractivity contribution >= 4 is 11.6 Å². The zero-order chi connectivity index (χ0) is 11.7. The third-order valence-electron chi connectivity index (χ3n) is 3.94. The quantitative estimate of drug-likeness (QED) is 0.801. The van der Waals surface area contributed by atoms with E-state index >= 15 is 0 Å². The third kappa shape index (κ3) is 2.27. The van der Waals surface area contributed by atoms with Gasteiger partial charge in [0.25, 0.3) is 0 Å². The second kappa shape index (κ2) is 4.47. The Morgan fingerprint density at radius 3 is 2.53 bits per heavy atom. The van der Waals surface area contributed by atoms with Crippen LogP contribution >= 0.6 is 11.6 Å². The van der Waals surface area contributed by atoms with E-state index in [4.69, 9.17) is 11.6 Å². The van der Waals surface area contributed by atoms with Gasteiger partial charge in [-0.05, 0) is 37.3 Å². The van der Waals surface area contributed by atoms with Crippen molar-refractivity contribution in [2.75, 3.05) is 6.54 Å². The molecule has 0 bridgehead atoms. The molecule has 17 heavy (non-hydrogen) atoms. The Morgan fingerprint density at radius 2 is 1.88 bits per heavy atom. The van der Waals surface area contributed by atoms with Gasteiger partial charge in [-0.1, -0.05) is 42.0 Å². The fraction of sp³-hybridized carbons (Fsp3) is 0.467. The van der Waals surface area contributed by atoms with E-state index in [1.807, 2.05) is 12.1 Å². The average molecular weight is 248 g/mol. The first-order valence-corrected chi connectivity index (χ1v) is 6.81. The first kappa shape index (κ1) is 11.3. The van der Waals surface area contributed by atoms with Crippen molar-refractivity contribution in [1.82, 2.24) is 5.32 Å². The highest BCUT2D eigenvalue weighted by atomic mass is 35.5. The summed E-state index contributed by atoms with van der Waals surface area (Å²) in [5.74, 6) is 0. The Bertz CT molecular complexity index is 426. The minimum atomic E-state index is 0.195. The summed E-state index contributed by atoms with van der Waals surface area (Å²) in [7, 11) is 0. The summed E-state index contributed by atoms with van der Waals surface area (Å²) in [6.45, 7) is 1.05. The predicted octanol–water partition coefficient (Wildman–Crippen LogP) is 3.68. The summed E-state index contributed by atoms with van der Waals surface area (Å²) in [6.07, 6.45) is 9.47. The van der Waals surface area contributed by atoms with Crippen LogP contribution in [-0.4, -0.2) is 12.6 Å². The van der Waals surface area contributed by atoms with E-state index in [1.54, 1.807) is 0 Å². The highest BCUT2D eigenvalue weighted by Gasteiger charge is 2.36. The van der Waals surface area contributed by atoms with Crippen molar-refractivity contribution in [2.24, 2.45) is 0 Å². The predicted molar refractivity (Wildman–Crippen MR) is 72.5 cm³/mol. The molecule has 0 aromatic heterocycles. The summed E-state index contributed by atoms with van der Waals surface area (Å²) in [5.41, 5.74) is 1.50. The smallest absolute Gasteiger partial charge is 0.0444 e. The molecule has 90 valence electrons. The molecular formula is C15H18ClN. The lowest BCUT2D eigenvalue weighted by molar-refractivity contribution is 0.417. The molecule has 0 saturated heterocycles. The van der Waals surface area contributed by atoms with E-state index in [2.05, 4.69) is 29.6 Å². The minimum absolute atomic E-state index is 0.195. The molecule has 0 atom stereocenters. The van der Waals surface area contributed by atoms with Crippen LogP contribution in [0.1, 0.15) is 31.2 Å². The Morgan fingerprint density at radius 1 is 1.18 bits per heavy atom. The van der Waals surface area contributed by atoms with Crippen molar-refractivity contribution in [1.29, 1.82) is 0 Å². The summed E-state index contributed by atoms with van der Waals surface area (Å²) < 4.78 is 0. The molecule has 2 aliphatic rings. The number of rotatable bonds is 4. The Labute approximate surface area is 108 Å². The van der Waals surface area contributed by atoms with E-state index in [0.29, 0.717) is 0 Å². The molecule has 0 amide bonds. The average Bonchev–Trinajstić information content (AvgIpc) is 3.06. The third-order valence-corrected chi connectivity index (χ3v) is 4.27. The van der Waals surface area contributed by atoms with Gasteiger partial charge in [-0.15, -0.1) is 0 Å². The first-order chi connectivity index (χ1) is 8.30. The largest absolute Gasteiger partial charge is 0.313 e. The number of hydrogen-bond acceptors (Lipinski definition) is 1. The molecule has 1 saturated carbocycles. The summed E-state index contributed by atoms with van der Waals surface area (Å²) in [4.78, 5) is 0. The molecule has 2 heteroatoms. The molecule has 0 radical (unpaired) electrons. The van der Waals surface area contributed by atoms with Crippen LogP contribution in [-0.2, 0) is 5.41 Å². The topological polar surface area (TPSA) is 12.0 Å². The lowest BCUT2D eigenvalue weighted by atomic mass is 9.78. The summed E-state index contributed by atoms with van der Waals surface area (Å²) in [5, 5.41) is 4.58. The van der Waals surface area contributed by atoms with Crippen LogP contribution in [0.5, 0.6) is 0 Å². The van der Waals surface area contributed by atoms with Gasteiger partial charge >= 0.3 is 0 Å². The highest BCUT2D eigenvalue weighted by molar-refractivity contribution is 6.31. The van der Waals surface area contributed by atoms with Crippen LogP contribution in [0.25, 0.3) is 0 Å². The normalized spacial score (nSPS) is 21.9. The van der Waals surface area contributed by atoms with Crippen molar-refractivity contribution in [3.8, 4) is 0 Å². The van der Waals surface area contributed by atoms with E-state index in [0.717, 1.165) is 30.5 Å². The SMILES string of the molecule is Clc1ccccc1C1(CNC2CC2)CC=CC1. The van der Waals surface area contributed by atoms with Gasteiger partial charge in [0.05, 0.1) is 0 Å². The molecule has 1 N–H and O–H groups in total. The van der Waals surface area contributed by atoms with Crippen molar-refractivity contribution < 1.29 is 0 Å². The van der Waals surface area contributed by atoms with E-state index in [9.17, 15) is 0 Å². The van der Waals surface area contributed by atoms with Crippen molar-refractivity contribution in [2.45, 2.75) is 37.1 Å². The molecule has 0 spiro atoms. The van der Waals surface area contributed by atoms with Gasteiger partial charge < -0.3 is 5.32 Å². The van der Waals surface area contributed by atoms with Gasteiger partial charge in [-0.2, -0.15) is 0 Å². The van der Waals surface area contributed by atoms with Gasteiger partial charge in [-0.3, -0.25) is 0 Å². The van der Waals surface area contributed by atoms with Gasteiger partial charge in [0.2, 0.25) is 0 Å². The van der Waals surface area contributed by atoms with Crippen LogP contribution in [0, 0.1) is 0 Å². The summed E-state index contributed by atoms with van der Waals surface area (Å²) >= 11 is 6.37. The Kier molecular flexibility index (Phi) is 2.97. The molecule has 0 aliphatic heterocycles. The van der Waals surface area contributed by atoms with E-state index < -0.39 is 0 Å². The maximum Gasteiger partial charge on any atom is 0.0444 e. The first-order valence-electron chi connectivity index (χ1n) is 6.44. The minimum Gasteiger partial charge on any atom is -0.313 e. The zero-order valence-corrected chi connectivity index (χ0v) is 10.7. The monoisotopic (exact) mass is 247 g/mol. The van der Waals surface area contributed by atoms with Crippen LogP contribution in [0.3, 0.4) is 0 Å². The number of benzene rings is 1. The second-order valence-corrected chi connectivity index (χ2v) is 5.70. The number of hydrogen-bond donors (Lipinski definition) is 1. The molecular weight excluding hydrogens is 230 g/mol. The van der Waals surface area contributed by atoms with Crippen LogP contribution < -0.4 is 5.32 Å². The zero-order valence-electron chi connectivity index (χ0n) is 9.95. The second-order valence-electron chi connectivity index (χ2n) is 5.30. The van der Waals surface area contributed by atoms with E-state index in [-0.39, 0.29) is 5.41 Å². The molecule has 1 aromatic carbocycles. The molecule has 1 nitrogen and oxygen atoms in total. The van der Waals surface area contributed by atoms with Crippen LogP contribution in [0.2, 0.25) is 5.02 Å². The molecule has 0 unspecified atom stereocenters. The Balaban J connectivity index is 1.85. The Hall–Kier alpha value is -0.790. The molecule has 1 fully saturated rings. The molecule has 1 aromatic rings. The van der Waals surface area contributed by atoms with Gasteiger partial charge in [-0.25, -0.2) is 0 Å². The highest BCUT2D eigenvalue weighted by Crippen LogP contribution is 2.40. The van der Waals surface area contributed by atoms with Crippen molar-refractivity contribution in [3.05, 3.63) is 47.0 Å². The fourth-order valence-corrected chi connectivity index (χ4v) is 3.02. The number of allylic oxidation sites excluding steroid dienone is 2. The molecule has 0 heterocycles. The summed E-state index contributed by atoms with van der Waals surface area (Å²) in [6, 6.07) is 9.06. The maximum absolute atomic E-state index is 6.37. The van der Waals surface area contributed by atoms with Gasteiger partial charge in [0.15, 0.2) is 0 Å². The fourth-order valence-electron chi connectivity index (χ4n) is 2.68. The molecule has 2 aliphatic carbocycles. The van der Waals surface area contributed by atoms with Gasteiger partial charge in [0, 0.05) is 23.0 Å². The number of halogens is 1.